The van der Waals surface area contributed by atoms with Crippen molar-refractivity contribution < 1.29 is 14.3 Å². The molecule has 0 bridgehead atoms. The third kappa shape index (κ3) is 4.40. The van der Waals surface area contributed by atoms with Gasteiger partial charge in [-0.15, -0.1) is 0 Å². The predicted octanol–water partition coefficient (Wildman–Crippen LogP) is 4.53. The lowest BCUT2D eigenvalue weighted by molar-refractivity contribution is -0.116. The van der Waals surface area contributed by atoms with E-state index in [-0.39, 0.29) is 23.4 Å². The van der Waals surface area contributed by atoms with Crippen molar-refractivity contribution in [3.05, 3.63) is 105 Å². The van der Waals surface area contributed by atoms with Crippen LogP contribution in [-0.2, 0) is 11.3 Å². The maximum atomic E-state index is 13.1. The van der Waals surface area contributed by atoms with Crippen LogP contribution in [0.2, 0.25) is 5.02 Å². The Kier molecular flexibility index (Phi) is 6.05. The van der Waals surface area contributed by atoms with Crippen molar-refractivity contribution in [2.45, 2.75) is 6.54 Å². The first kappa shape index (κ1) is 21.3. The van der Waals surface area contributed by atoms with E-state index in [1.54, 1.807) is 78.4 Å². The number of pyridine rings is 1. The summed E-state index contributed by atoms with van der Waals surface area (Å²) in [5.41, 5.74) is 1.01. The molecule has 4 rings (SSSR count). The second-order valence-electron chi connectivity index (χ2n) is 7.14. The topological polar surface area (TPSA) is 77.4 Å². The minimum absolute atomic E-state index is 0.0276. The molecule has 0 aliphatic heterocycles. The van der Waals surface area contributed by atoms with Crippen LogP contribution in [0.3, 0.4) is 0 Å². The van der Waals surface area contributed by atoms with Crippen molar-refractivity contribution in [2.75, 3.05) is 12.4 Å². The first-order chi connectivity index (χ1) is 15.5. The van der Waals surface area contributed by atoms with E-state index in [9.17, 15) is 14.4 Å². The molecule has 0 atom stereocenters. The number of carbonyl (C=O) groups excluding carboxylic acids is 2. The van der Waals surface area contributed by atoms with Gasteiger partial charge >= 0.3 is 0 Å². The second kappa shape index (κ2) is 9.08. The third-order valence-corrected chi connectivity index (χ3v) is 5.23. The summed E-state index contributed by atoms with van der Waals surface area (Å²) in [7, 11) is 1.55. The fourth-order valence-electron chi connectivity index (χ4n) is 3.46. The molecule has 1 aromatic heterocycles. The van der Waals surface area contributed by atoms with E-state index in [2.05, 4.69) is 5.32 Å². The zero-order valence-electron chi connectivity index (χ0n) is 17.2. The van der Waals surface area contributed by atoms with Crippen LogP contribution in [0.15, 0.2) is 83.8 Å². The summed E-state index contributed by atoms with van der Waals surface area (Å²) in [5, 5.41) is 3.45. The Morgan fingerprint density at radius 1 is 1.00 bits per heavy atom. The second-order valence-corrected chi connectivity index (χ2v) is 7.57. The van der Waals surface area contributed by atoms with E-state index < -0.39 is 11.2 Å². The molecule has 0 saturated heterocycles. The number of nitrogens with zero attached hydrogens (tertiary/aromatic N) is 1. The number of hydrogen-bond acceptors (Lipinski definition) is 4. The Morgan fingerprint density at radius 3 is 2.53 bits per heavy atom. The molecule has 4 aromatic rings. The number of anilines is 1. The Hall–Kier alpha value is -3.90. The highest BCUT2D eigenvalue weighted by Crippen LogP contribution is 2.20. The van der Waals surface area contributed by atoms with Crippen LogP contribution in [0, 0.1) is 0 Å². The third-order valence-electron chi connectivity index (χ3n) is 4.99. The van der Waals surface area contributed by atoms with Gasteiger partial charge in [0, 0.05) is 33.9 Å². The molecular weight excluding hydrogens is 428 g/mol. The van der Waals surface area contributed by atoms with E-state index >= 15 is 0 Å². The van der Waals surface area contributed by atoms with Crippen molar-refractivity contribution in [2.24, 2.45) is 0 Å². The van der Waals surface area contributed by atoms with E-state index in [0.29, 0.717) is 27.5 Å². The number of fused-ring (bicyclic) bond motifs is 1. The molecule has 1 amide bonds. The highest BCUT2D eigenvalue weighted by Gasteiger charge is 2.18. The monoisotopic (exact) mass is 446 g/mol. The maximum Gasteiger partial charge on any atom is 0.244 e. The van der Waals surface area contributed by atoms with Crippen LogP contribution in [0.5, 0.6) is 5.75 Å². The summed E-state index contributed by atoms with van der Waals surface area (Å²) < 4.78 is 6.76. The summed E-state index contributed by atoms with van der Waals surface area (Å²) in [5.74, 6) is -0.127. The van der Waals surface area contributed by atoms with Crippen molar-refractivity contribution in [3.63, 3.8) is 0 Å². The molecule has 0 fully saturated rings. The lowest BCUT2D eigenvalue weighted by atomic mass is 10.0. The van der Waals surface area contributed by atoms with E-state index in [1.807, 2.05) is 0 Å². The fourth-order valence-corrected chi connectivity index (χ4v) is 3.64. The van der Waals surface area contributed by atoms with Crippen LogP contribution >= 0.6 is 11.6 Å². The number of hydrogen-bond donors (Lipinski definition) is 1. The van der Waals surface area contributed by atoms with Gasteiger partial charge in [-0.3, -0.25) is 14.4 Å². The summed E-state index contributed by atoms with van der Waals surface area (Å²) >= 11 is 6.11. The van der Waals surface area contributed by atoms with Crippen LogP contribution in [0.4, 0.5) is 5.69 Å². The summed E-state index contributed by atoms with van der Waals surface area (Å²) in [6, 6.07) is 20.3. The van der Waals surface area contributed by atoms with Crippen molar-refractivity contribution in [1.82, 2.24) is 4.57 Å². The number of halogens is 1. The SMILES string of the molecule is COc1cccc(NC(=O)Cn2cc(C(=O)c3ccccc3)c(=O)c3cc(Cl)ccc32)c1. The first-order valence-corrected chi connectivity index (χ1v) is 10.2. The number of benzene rings is 3. The van der Waals surface area contributed by atoms with Gasteiger partial charge in [-0.2, -0.15) is 0 Å². The van der Waals surface area contributed by atoms with Crippen LogP contribution in [0.1, 0.15) is 15.9 Å². The minimum Gasteiger partial charge on any atom is -0.497 e. The minimum atomic E-state index is -0.430. The Morgan fingerprint density at radius 2 is 1.78 bits per heavy atom. The number of ketones is 1. The average molecular weight is 447 g/mol. The Balaban J connectivity index is 1.74. The Labute approximate surface area is 189 Å². The fraction of sp³-hybridized carbons (Fsp3) is 0.0800. The molecule has 0 aliphatic carbocycles. The van der Waals surface area contributed by atoms with Gasteiger partial charge in [-0.05, 0) is 30.3 Å². The lowest BCUT2D eigenvalue weighted by Crippen LogP contribution is -2.24. The quantitative estimate of drug-likeness (QED) is 0.441. The van der Waals surface area contributed by atoms with Crippen molar-refractivity contribution in [1.29, 1.82) is 0 Å². The number of ether oxygens (including phenoxy) is 1. The molecular formula is C25H19ClN2O4. The number of carbonyl (C=O) groups is 2. The Bertz CT molecular complexity index is 1380. The molecule has 0 saturated carbocycles. The van der Waals surface area contributed by atoms with Gasteiger partial charge in [-0.25, -0.2) is 0 Å². The first-order valence-electron chi connectivity index (χ1n) is 9.82. The molecule has 3 aromatic carbocycles. The molecule has 6 nitrogen and oxygen atoms in total. The van der Waals surface area contributed by atoms with Gasteiger partial charge in [0.05, 0.1) is 18.2 Å². The highest BCUT2D eigenvalue weighted by molar-refractivity contribution is 6.31. The molecule has 0 spiro atoms. The van der Waals surface area contributed by atoms with E-state index in [0.717, 1.165) is 0 Å². The molecule has 0 unspecified atom stereocenters. The van der Waals surface area contributed by atoms with Crippen LogP contribution in [-0.4, -0.2) is 23.4 Å². The van der Waals surface area contributed by atoms with E-state index in [4.69, 9.17) is 16.3 Å². The number of aromatic nitrogens is 1. The standard InChI is InChI=1S/C25H19ClN2O4/c1-32-19-9-5-8-18(13-19)27-23(29)15-28-14-21(24(30)16-6-3-2-4-7-16)25(31)20-12-17(26)10-11-22(20)28/h2-14H,15H2,1H3,(H,27,29). The normalized spacial score (nSPS) is 10.7. The molecule has 160 valence electrons. The number of amides is 1. The zero-order chi connectivity index (χ0) is 22.7. The summed E-state index contributed by atoms with van der Waals surface area (Å²) in [4.78, 5) is 38.9. The smallest absolute Gasteiger partial charge is 0.244 e. The molecule has 0 aliphatic rings. The molecule has 1 N–H and O–H groups in total. The number of rotatable bonds is 6. The largest absolute Gasteiger partial charge is 0.497 e. The molecule has 0 radical (unpaired) electrons. The van der Waals surface area contributed by atoms with Crippen molar-refractivity contribution >= 4 is 39.9 Å². The maximum absolute atomic E-state index is 13.1. The average Bonchev–Trinajstić information content (AvgIpc) is 2.81. The lowest BCUT2D eigenvalue weighted by Gasteiger charge is -2.14. The zero-order valence-corrected chi connectivity index (χ0v) is 17.9. The molecule has 1 heterocycles. The van der Waals surface area contributed by atoms with Crippen LogP contribution in [0.25, 0.3) is 10.9 Å². The summed E-state index contributed by atoms with van der Waals surface area (Å²) in [6.45, 7) is -0.106. The van der Waals surface area contributed by atoms with Gasteiger partial charge in [0.25, 0.3) is 0 Å². The summed E-state index contributed by atoms with van der Waals surface area (Å²) in [6.07, 6.45) is 1.43. The van der Waals surface area contributed by atoms with Gasteiger partial charge in [0.1, 0.15) is 12.3 Å². The molecule has 7 heteroatoms. The van der Waals surface area contributed by atoms with Crippen LogP contribution < -0.4 is 15.5 Å². The van der Waals surface area contributed by atoms with Crippen molar-refractivity contribution in [3.8, 4) is 5.75 Å². The van der Waals surface area contributed by atoms with E-state index in [1.165, 1.54) is 12.3 Å². The van der Waals surface area contributed by atoms with Gasteiger partial charge < -0.3 is 14.6 Å². The van der Waals surface area contributed by atoms with Gasteiger partial charge in [0.2, 0.25) is 11.3 Å². The number of nitrogens with one attached hydrogen (secondary N) is 1. The predicted molar refractivity (Wildman–Crippen MR) is 125 cm³/mol. The highest BCUT2D eigenvalue weighted by atomic mass is 35.5. The van der Waals surface area contributed by atoms with Gasteiger partial charge in [-0.1, -0.05) is 48.0 Å². The number of methoxy groups -OCH3 is 1. The van der Waals surface area contributed by atoms with Gasteiger partial charge in [0.15, 0.2) is 5.78 Å². The molecule has 32 heavy (non-hydrogen) atoms.